The van der Waals surface area contributed by atoms with Gasteiger partial charge in [-0.1, -0.05) is 13.8 Å². The van der Waals surface area contributed by atoms with Gasteiger partial charge in [-0.25, -0.2) is 5.84 Å². The van der Waals surface area contributed by atoms with Crippen LogP contribution in [-0.4, -0.2) is 30.4 Å². The quantitative estimate of drug-likeness (QED) is 0.395. The molecule has 3 N–H and O–H groups in total. The van der Waals surface area contributed by atoms with Crippen LogP contribution in [0.5, 0.6) is 0 Å². The highest BCUT2D eigenvalue weighted by Crippen LogP contribution is 2.28. The van der Waals surface area contributed by atoms with Crippen molar-refractivity contribution >= 4 is 5.91 Å². The number of hydrazine groups is 1. The molecule has 0 bridgehead atoms. The van der Waals surface area contributed by atoms with Crippen LogP contribution in [-0.2, 0) is 4.79 Å². The van der Waals surface area contributed by atoms with E-state index >= 15 is 0 Å². The first-order chi connectivity index (χ1) is 6.53. The van der Waals surface area contributed by atoms with Crippen LogP contribution in [0.3, 0.4) is 0 Å². The number of likely N-dealkylation sites (tertiary alicyclic amines) is 1. The lowest BCUT2D eigenvalue weighted by Crippen LogP contribution is -2.42. The van der Waals surface area contributed by atoms with Crippen molar-refractivity contribution in [3.05, 3.63) is 0 Å². The van der Waals surface area contributed by atoms with Crippen molar-refractivity contribution in [3.8, 4) is 0 Å². The Hall–Kier alpha value is -0.610. The maximum absolute atomic E-state index is 11.0. The molecule has 4 heteroatoms. The summed E-state index contributed by atoms with van der Waals surface area (Å²) in [7, 11) is 0. The molecule has 1 aliphatic heterocycles. The Balaban J connectivity index is 2.28. The zero-order chi connectivity index (χ0) is 10.6. The summed E-state index contributed by atoms with van der Waals surface area (Å²) in [5.41, 5.74) is 2.56. The third kappa shape index (κ3) is 3.64. The maximum Gasteiger partial charge on any atom is 0.235 e. The van der Waals surface area contributed by atoms with E-state index in [1.807, 2.05) is 0 Å². The number of carbonyl (C=O) groups excluding carboxylic acids is 1. The van der Waals surface area contributed by atoms with Gasteiger partial charge in [-0.2, -0.15) is 0 Å². The summed E-state index contributed by atoms with van der Waals surface area (Å²) in [4.78, 5) is 13.3. The molecule has 0 saturated carbocycles. The molecular formula is C10H21N3O. The zero-order valence-corrected chi connectivity index (χ0v) is 9.18. The van der Waals surface area contributed by atoms with Crippen LogP contribution in [0.1, 0.15) is 33.1 Å². The van der Waals surface area contributed by atoms with Crippen LogP contribution in [0.25, 0.3) is 0 Å². The van der Waals surface area contributed by atoms with Gasteiger partial charge in [-0.15, -0.1) is 0 Å². The molecule has 1 rings (SSSR count). The number of nitrogens with one attached hydrogen (secondary N) is 1. The fourth-order valence-electron chi connectivity index (χ4n) is 2.07. The monoisotopic (exact) mass is 199 g/mol. The van der Waals surface area contributed by atoms with Crippen LogP contribution in [0, 0.1) is 5.41 Å². The van der Waals surface area contributed by atoms with Crippen LogP contribution in [0.4, 0.5) is 0 Å². The summed E-state index contributed by atoms with van der Waals surface area (Å²) in [6, 6.07) is 0. The summed E-state index contributed by atoms with van der Waals surface area (Å²) in [5.74, 6) is 4.95. The first-order valence-corrected chi connectivity index (χ1v) is 5.25. The van der Waals surface area contributed by atoms with E-state index in [2.05, 4.69) is 24.2 Å². The predicted octanol–water partition coefficient (Wildman–Crippen LogP) is 0.488. The highest BCUT2D eigenvalue weighted by molar-refractivity contribution is 5.75. The Labute approximate surface area is 85.8 Å². The Bertz CT molecular complexity index is 204. The van der Waals surface area contributed by atoms with Gasteiger partial charge in [0.1, 0.15) is 0 Å². The van der Waals surface area contributed by atoms with Gasteiger partial charge in [0.25, 0.3) is 0 Å². The minimum atomic E-state index is -0.0756. The Morgan fingerprint density at radius 3 is 2.86 bits per heavy atom. The van der Waals surface area contributed by atoms with Crippen molar-refractivity contribution in [1.82, 2.24) is 10.3 Å². The molecule has 1 fully saturated rings. The summed E-state index contributed by atoms with van der Waals surface area (Å²) in [6.07, 6.45) is 3.02. The number of carbonyl (C=O) groups is 1. The van der Waals surface area contributed by atoms with Crippen LogP contribution >= 0.6 is 0 Å². The van der Waals surface area contributed by atoms with Crippen molar-refractivity contribution in [2.24, 2.45) is 11.3 Å². The van der Waals surface area contributed by atoms with E-state index in [1.165, 1.54) is 12.8 Å². The lowest BCUT2D eigenvalue weighted by atomic mass is 9.84. The fraction of sp³-hybridized carbons (Fsp3) is 0.900. The maximum atomic E-state index is 11.0. The second kappa shape index (κ2) is 4.75. The van der Waals surface area contributed by atoms with Crippen LogP contribution in [0.15, 0.2) is 0 Å². The SMILES string of the molecule is CC1(C)CCCN(CCC(=O)NN)C1. The standard InChI is InChI=1S/C10H21N3O/c1-10(2)5-3-6-13(8-10)7-4-9(14)12-11/h3-8,11H2,1-2H3,(H,12,14). The van der Waals surface area contributed by atoms with Gasteiger partial charge < -0.3 is 4.90 Å². The smallest absolute Gasteiger partial charge is 0.235 e. The number of rotatable bonds is 3. The van der Waals surface area contributed by atoms with E-state index in [-0.39, 0.29) is 5.91 Å². The molecule has 0 aromatic heterocycles. The van der Waals surface area contributed by atoms with E-state index in [0.29, 0.717) is 11.8 Å². The summed E-state index contributed by atoms with van der Waals surface area (Å²) >= 11 is 0. The van der Waals surface area contributed by atoms with Gasteiger partial charge in [0, 0.05) is 19.5 Å². The van der Waals surface area contributed by atoms with Crippen molar-refractivity contribution < 1.29 is 4.79 Å². The highest BCUT2D eigenvalue weighted by Gasteiger charge is 2.25. The minimum Gasteiger partial charge on any atom is -0.302 e. The third-order valence-electron chi connectivity index (χ3n) is 2.80. The minimum absolute atomic E-state index is 0.0756. The molecular weight excluding hydrogens is 178 g/mol. The number of nitrogens with two attached hydrogens (primary N) is 1. The molecule has 0 aromatic carbocycles. The van der Waals surface area contributed by atoms with Crippen LogP contribution < -0.4 is 11.3 Å². The summed E-state index contributed by atoms with van der Waals surface area (Å²) < 4.78 is 0. The molecule has 0 unspecified atom stereocenters. The summed E-state index contributed by atoms with van der Waals surface area (Å²) in [6.45, 7) is 7.59. The molecule has 1 saturated heterocycles. The first kappa shape index (κ1) is 11.5. The van der Waals surface area contributed by atoms with Crippen molar-refractivity contribution in [2.45, 2.75) is 33.1 Å². The molecule has 0 aliphatic carbocycles. The molecule has 0 radical (unpaired) electrons. The molecule has 14 heavy (non-hydrogen) atoms. The fourth-order valence-corrected chi connectivity index (χ4v) is 2.07. The van der Waals surface area contributed by atoms with Gasteiger partial charge in [0.2, 0.25) is 5.91 Å². The van der Waals surface area contributed by atoms with Gasteiger partial charge in [0.15, 0.2) is 0 Å². The normalized spacial score (nSPS) is 21.9. The van der Waals surface area contributed by atoms with Gasteiger partial charge in [-0.05, 0) is 24.8 Å². The van der Waals surface area contributed by atoms with E-state index in [9.17, 15) is 4.79 Å². The van der Waals surface area contributed by atoms with Crippen LogP contribution in [0.2, 0.25) is 0 Å². The van der Waals surface area contributed by atoms with Crippen molar-refractivity contribution in [3.63, 3.8) is 0 Å². The molecule has 1 aliphatic rings. The average Bonchev–Trinajstić information content (AvgIpc) is 2.12. The van der Waals surface area contributed by atoms with Crippen molar-refractivity contribution in [2.75, 3.05) is 19.6 Å². The molecule has 1 amide bonds. The number of hydrogen-bond acceptors (Lipinski definition) is 3. The lowest BCUT2D eigenvalue weighted by Gasteiger charge is -2.37. The second-order valence-electron chi connectivity index (χ2n) is 4.86. The number of piperidine rings is 1. The summed E-state index contributed by atoms with van der Waals surface area (Å²) in [5, 5.41) is 0. The molecule has 1 heterocycles. The number of amides is 1. The largest absolute Gasteiger partial charge is 0.302 e. The molecule has 0 atom stereocenters. The zero-order valence-electron chi connectivity index (χ0n) is 9.18. The molecule has 0 aromatic rings. The molecule has 4 nitrogen and oxygen atoms in total. The van der Waals surface area contributed by atoms with E-state index in [4.69, 9.17) is 5.84 Å². The number of nitrogens with zero attached hydrogens (tertiary/aromatic N) is 1. The van der Waals surface area contributed by atoms with E-state index < -0.39 is 0 Å². The Kier molecular flexibility index (Phi) is 3.89. The van der Waals surface area contributed by atoms with Gasteiger partial charge in [0.05, 0.1) is 0 Å². The van der Waals surface area contributed by atoms with Gasteiger partial charge in [-0.3, -0.25) is 10.2 Å². The highest BCUT2D eigenvalue weighted by atomic mass is 16.2. The predicted molar refractivity (Wildman–Crippen MR) is 56.4 cm³/mol. The molecule has 0 spiro atoms. The van der Waals surface area contributed by atoms with E-state index in [1.54, 1.807) is 0 Å². The topological polar surface area (TPSA) is 58.4 Å². The van der Waals surface area contributed by atoms with E-state index in [0.717, 1.165) is 19.6 Å². The first-order valence-electron chi connectivity index (χ1n) is 5.25. The van der Waals surface area contributed by atoms with Crippen molar-refractivity contribution in [1.29, 1.82) is 0 Å². The number of hydrogen-bond donors (Lipinski definition) is 2. The third-order valence-corrected chi connectivity index (χ3v) is 2.80. The Morgan fingerprint density at radius 1 is 1.57 bits per heavy atom. The Morgan fingerprint density at radius 2 is 2.29 bits per heavy atom. The lowest BCUT2D eigenvalue weighted by molar-refractivity contribution is -0.121. The van der Waals surface area contributed by atoms with Gasteiger partial charge >= 0.3 is 0 Å². The second-order valence-corrected chi connectivity index (χ2v) is 4.86. The average molecular weight is 199 g/mol. The molecule has 82 valence electrons.